The van der Waals surface area contributed by atoms with E-state index in [-0.39, 0.29) is 24.0 Å². The zero-order valence-electron chi connectivity index (χ0n) is 18.1. The van der Waals surface area contributed by atoms with Crippen LogP contribution in [-0.2, 0) is 26.6 Å². The minimum absolute atomic E-state index is 0. The minimum Gasteiger partial charge on any atom is -0.357 e. The first-order valence-electron chi connectivity index (χ1n) is 10.4. The lowest BCUT2D eigenvalue weighted by atomic mass is 9.95. The van der Waals surface area contributed by atoms with E-state index in [1.54, 1.807) is 0 Å². The summed E-state index contributed by atoms with van der Waals surface area (Å²) in [5.74, 6) is 1.43. The maximum absolute atomic E-state index is 4.74. The van der Waals surface area contributed by atoms with Crippen LogP contribution in [0, 0.1) is 5.92 Å². The molecular weight excluding hydrogens is 475 g/mol. The first kappa shape index (κ1) is 23.7. The second-order valence-electron chi connectivity index (χ2n) is 7.82. The molecule has 29 heavy (non-hydrogen) atoms. The van der Waals surface area contributed by atoms with Crippen LogP contribution in [0.4, 0.5) is 0 Å². The third-order valence-corrected chi connectivity index (χ3v) is 5.54. The summed E-state index contributed by atoms with van der Waals surface area (Å²) in [4.78, 5) is 7.36. The molecule has 1 atom stereocenters. The highest BCUT2D eigenvalue weighted by Gasteiger charge is 2.25. The fourth-order valence-electron chi connectivity index (χ4n) is 3.85. The van der Waals surface area contributed by atoms with Gasteiger partial charge in [0.1, 0.15) is 0 Å². The molecule has 0 spiro atoms. The topological polar surface area (TPSA) is 57.5 Å². The van der Waals surface area contributed by atoms with E-state index >= 15 is 0 Å². The molecule has 1 aromatic heterocycles. The Morgan fingerprint density at radius 1 is 1.17 bits per heavy atom. The smallest absolute Gasteiger partial charge is 0.191 e. The van der Waals surface area contributed by atoms with E-state index in [1.807, 2.05) is 24.0 Å². The van der Waals surface area contributed by atoms with Crippen molar-refractivity contribution in [1.29, 1.82) is 0 Å². The van der Waals surface area contributed by atoms with Crippen LogP contribution in [0.15, 0.2) is 41.5 Å². The van der Waals surface area contributed by atoms with E-state index in [4.69, 9.17) is 4.99 Å². The molecule has 2 heterocycles. The van der Waals surface area contributed by atoms with Crippen molar-refractivity contribution in [2.24, 2.45) is 18.0 Å². The SMILES string of the molecule is CCNC(=NCc1ccnn1C)NCC(C(C)C)N1CCc2ccccc2C1.I. The van der Waals surface area contributed by atoms with Crippen molar-refractivity contribution in [3.05, 3.63) is 53.3 Å². The summed E-state index contributed by atoms with van der Waals surface area (Å²) >= 11 is 0. The number of aryl methyl sites for hydroxylation is 1. The Labute approximate surface area is 192 Å². The first-order chi connectivity index (χ1) is 13.6. The molecule has 160 valence electrons. The van der Waals surface area contributed by atoms with Crippen molar-refractivity contribution in [2.45, 2.75) is 46.3 Å². The average Bonchev–Trinajstić information content (AvgIpc) is 3.10. The van der Waals surface area contributed by atoms with Gasteiger partial charge in [0.15, 0.2) is 5.96 Å². The Hall–Kier alpha value is -1.61. The second-order valence-corrected chi connectivity index (χ2v) is 7.82. The van der Waals surface area contributed by atoms with Gasteiger partial charge in [0, 0.05) is 45.5 Å². The molecule has 0 saturated heterocycles. The van der Waals surface area contributed by atoms with Gasteiger partial charge in [0.2, 0.25) is 0 Å². The van der Waals surface area contributed by atoms with Crippen LogP contribution in [-0.4, -0.2) is 46.3 Å². The van der Waals surface area contributed by atoms with Crippen molar-refractivity contribution in [2.75, 3.05) is 19.6 Å². The van der Waals surface area contributed by atoms with E-state index in [9.17, 15) is 0 Å². The van der Waals surface area contributed by atoms with Gasteiger partial charge in [-0.05, 0) is 36.5 Å². The lowest BCUT2D eigenvalue weighted by Gasteiger charge is -2.38. The van der Waals surface area contributed by atoms with Crippen LogP contribution in [0.2, 0.25) is 0 Å². The highest BCUT2D eigenvalue weighted by molar-refractivity contribution is 14.0. The number of nitrogens with one attached hydrogen (secondary N) is 2. The van der Waals surface area contributed by atoms with Crippen molar-refractivity contribution < 1.29 is 0 Å². The molecule has 2 aromatic rings. The number of benzene rings is 1. The Kier molecular flexibility index (Phi) is 9.42. The number of hydrogen-bond donors (Lipinski definition) is 2. The zero-order chi connectivity index (χ0) is 19.9. The quantitative estimate of drug-likeness (QED) is 0.342. The van der Waals surface area contributed by atoms with Crippen molar-refractivity contribution >= 4 is 29.9 Å². The molecule has 0 bridgehead atoms. The standard InChI is InChI=1S/C22H34N6.HI/c1-5-23-22(24-14-20-10-12-26-27(20)4)25-15-21(17(2)3)28-13-11-18-8-6-7-9-19(18)16-28;/h6-10,12,17,21H,5,11,13-16H2,1-4H3,(H2,23,24,25);1H. The number of guanidine groups is 1. The molecule has 0 radical (unpaired) electrons. The number of aliphatic imine (C=N–C) groups is 1. The van der Waals surface area contributed by atoms with Crippen molar-refractivity contribution in [1.82, 2.24) is 25.3 Å². The molecule has 0 amide bonds. The number of hydrogen-bond acceptors (Lipinski definition) is 3. The van der Waals surface area contributed by atoms with E-state index in [1.165, 1.54) is 11.1 Å². The van der Waals surface area contributed by atoms with E-state index in [0.717, 1.165) is 44.3 Å². The van der Waals surface area contributed by atoms with Gasteiger partial charge in [-0.1, -0.05) is 38.1 Å². The third kappa shape index (κ3) is 6.44. The summed E-state index contributed by atoms with van der Waals surface area (Å²) in [7, 11) is 1.95. The Bertz CT molecular complexity index is 785. The van der Waals surface area contributed by atoms with Gasteiger partial charge in [-0.2, -0.15) is 5.10 Å². The molecule has 0 fully saturated rings. The predicted octanol–water partition coefficient (Wildman–Crippen LogP) is 3.18. The summed E-state index contributed by atoms with van der Waals surface area (Å²) < 4.78 is 1.87. The lowest BCUT2D eigenvalue weighted by molar-refractivity contribution is 0.140. The van der Waals surface area contributed by atoms with Gasteiger partial charge in [-0.25, -0.2) is 4.99 Å². The number of nitrogens with zero attached hydrogens (tertiary/aromatic N) is 4. The van der Waals surface area contributed by atoms with E-state index < -0.39 is 0 Å². The van der Waals surface area contributed by atoms with Crippen molar-refractivity contribution in [3.8, 4) is 0 Å². The summed E-state index contributed by atoms with van der Waals surface area (Å²) in [6.45, 7) is 11.2. The first-order valence-corrected chi connectivity index (χ1v) is 10.4. The van der Waals surface area contributed by atoms with Gasteiger partial charge in [-0.15, -0.1) is 24.0 Å². The molecule has 7 heteroatoms. The maximum Gasteiger partial charge on any atom is 0.191 e. The molecular formula is C22H35IN6. The summed E-state index contributed by atoms with van der Waals surface area (Å²) in [6.07, 6.45) is 2.95. The summed E-state index contributed by atoms with van der Waals surface area (Å²) in [6, 6.07) is 11.3. The maximum atomic E-state index is 4.74. The molecule has 1 unspecified atom stereocenters. The molecule has 0 saturated carbocycles. The monoisotopic (exact) mass is 510 g/mol. The molecule has 6 nitrogen and oxygen atoms in total. The highest BCUT2D eigenvalue weighted by atomic mass is 127. The van der Waals surface area contributed by atoms with Crippen LogP contribution in [0.3, 0.4) is 0 Å². The minimum atomic E-state index is 0. The molecule has 2 N–H and O–H groups in total. The van der Waals surface area contributed by atoms with Gasteiger partial charge in [-0.3, -0.25) is 9.58 Å². The number of rotatable bonds is 7. The fraction of sp³-hybridized carbons (Fsp3) is 0.545. The van der Waals surface area contributed by atoms with Gasteiger partial charge in [0.25, 0.3) is 0 Å². The van der Waals surface area contributed by atoms with E-state index in [0.29, 0.717) is 18.5 Å². The van der Waals surface area contributed by atoms with Crippen LogP contribution in [0.25, 0.3) is 0 Å². The molecule has 1 aromatic carbocycles. The molecule has 3 rings (SSSR count). The fourth-order valence-corrected chi connectivity index (χ4v) is 3.85. The lowest BCUT2D eigenvalue weighted by Crippen LogP contribution is -2.50. The number of fused-ring (bicyclic) bond motifs is 1. The van der Waals surface area contributed by atoms with Crippen LogP contribution in [0.1, 0.15) is 37.6 Å². The molecule has 1 aliphatic rings. The van der Waals surface area contributed by atoms with E-state index in [2.05, 4.69) is 65.7 Å². The van der Waals surface area contributed by atoms with Gasteiger partial charge >= 0.3 is 0 Å². The zero-order valence-corrected chi connectivity index (χ0v) is 20.4. The molecule has 0 aliphatic carbocycles. The summed E-state index contributed by atoms with van der Waals surface area (Å²) in [5, 5.41) is 11.2. The Morgan fingerprint density at radius 2 is 1.93 bits per heavy atom. The predicted molar refractivity (Wildman–Crippen MR) is 131 cm³/mol. The number of aromatic nitrogens is 2. The summed E-state index contributed by atoms with van der Waals surface area (Å²) in [5.41, 5.74) is 4.07. The Morgan fingerprint density at radius 3 is 2.59 bits per heavy atom. The average molecular weight is 510 g/mol. The third-order valence-electron chi connectivity index (χ3n) is 5.54. The normalized spacial score (nSPS) is 15.6. The van der Waals surface area contributed by atoms with Crippen molar-refractivity contribution in [3.63, 3.8) is 0 Å². The largest absolute Gasteiger partial charge is 0.357 e. The van der Waals surface area contributed by atoms with Gasteiger partial charge in [0.05, 0.1) is 12.2 Å². The Balaban J connectivity index is 0.00000300. The second kappa shape index (κ2) is 11.5. The molecule has 1 aliphatic heterocycles. The van der Waals surface area contributed by atoms with Crippen LogP contribution in [0.5, 0.6) is 0 Å². The van der Waals surface area contributed by atoms with Crippen LogP contribution >= 0.6 is 24.0 Å². The van der Waals surface area contributed by atoms with Crippen LogP contribution < -0.4 is 10.6 Å². The van der Waals surface area contributed by atoms with Gasteiger partial charge < -0.3 is 10.6 Å². The number of halogens is 1. The highest BCUT2D eigenvalue weighted by Crippen LogP contribution is 2.22.